The lowest BCUT2D eigenvalue weighted by atomic mass is 9.96. The molecule has 0 bridgehead atoms. The molecule has 0 saturated carbocycles. The lowest BCUT2D eigenvalue weighted by Gasteiger charge is -2.08. The molecule has 1 heterocycles. The Bertz CT molecular complexity index is 1170. The van der Waals surface area contributed by atoms with Crippen molar-refractivity contribution in [2.45, 2.75) is 13.5 Å². The van der Waals surface area contributed by atoms with E-state index in [4.69, 9.17) is 10.3 Å². The Balaban J connectivity index is 1.60. The second kappa shape index (κ2) is 8.71. The van der Waals surface area contributed by atoms with Crippen LogP contribution in [-0.4, -0.2) is 22.6 Å². The van der Waals surface area contributed by atoms with E-state index in [1.165, 1.54) is 0 Å². The summed E-state index contributed by atoms with van der Waals surface area (Å²) in [6.07, 6.45) is 0. The molecule has 3 N–H and O–H groups in total. The molecule has 1 amide bonds. The Morgan fingerprint density at radius 2 is 1.70 bits per heavy atom. The first-order valence-corrected chi connectivity index (χ1v) is 9.69. The van der Waals surface area contributed by atoms with Crippen LogP contribution in [0.5, 0.6) is 0 Å². The van der Waals surface area contributed by atoms with Crippen LogP contribution in [0.3, 0.4) is 0 Å². The lowest BCUT2D eigenvalue weighted by Crippen LogP contribution is -2.28. The number of rotatable bonds is 7. The summed E-state index contributed by atoms with van der Waals surface area (Å²) >= 11 is 0. The lowest BCUT2D eigenvalue weighted by molar-refractivity contribution is -0.117. The maximum absolute atomic E-state index is 10.9. The van der Waals surface area contributed by atoms with Crippen LogP contribution in [0.1, 0.15) is 11.1 Å². The first kappa shape index (κ1) is 19.5. The van der Waals surface area contributed by atoms with Gasteiger partial charge in [0.15, 0.2) is 0 Å². The van der Waals surface area contributed by atoms with Gasteiger partial charge in [0.05, 0.1) is 6.54 Å². The first-order valence-electron chi connectivity index (χ1n) is 9.69. The molecule has 0 aliphatic carbocycles. The standard InChI is InChI=1S/C24H22N4O2/c1-16-20(18-8-3-2-4-9-18)11-6-12-21(16)24-27-23(28-30-24)19-10-5-7-17(13-19)14-26-15-22(25)29/h2-13,26H,14-15H2,1H3,(H2,25,29). The summed E-state index contributed by atoms with van der Waals surface area (Å²) in [6, 6.07) is 24.1. The van der Waals surface area contributed by atoms with Crippen LogP contribution in [0, 0.1) is 6.92 Å². The highest BCUT2D eigenvalue weighted by atomic mass is 16.5. The molecule has 0 radical (unpaired) electrons. The molecule has 30 heavy (non-hydrogen) atoms. The van der Waals surface area contributed by atoms with E-state index in [9.17, 15) is 4.79 Å². The number of carbonyl (C=O) groups excluding carboxylic acids is 1. The first-order chi connectivity index (χ1) is 14.6. The summed E-state index contributed by atoms with van der Waals surface area (Å²) < 4.78 is 5.59. The van der Waals surface area contributed by atoms with Crippen LogP contribution in [0.25, 0.3) is 34.0 Å². The third-order valence-electron chi connectivity index (χ3n) is 4.89. The topological polar surface area (TPSA) is 94.0 Å². The molecule has 4 rings (SSSR count). The van der Waals surface area contributed by atoms with E-state index in [1.807, 2.05) is 54.6 Å². The van der Waals surface area contributed by atoms with Gasteiger partial charge in [-0.25, -0.2) is 0 Å². The number of aromatic nitrogens is 2. The molecule has 150 valence electrons. The molecule has 0 atom stereocenters. The van der Waals surface area contributed by atoms with Gasteiger partial charge in [-0.3, -0.25) is 4.79 Å². The van der Waals surface area contributed by atoms with Crippen LogP contribution in [0.4, 0.5) is 0 Å². The van der Waals surface area contributed by atoms with Crippen LogP contribution >= 0.6 is 0 Å². The summed E-state index contributed by atoms with van der Waals surface area (Å²) in [5.41, 5.74) is 11.3. The Kier molecular flexibility index (Phi) is 5.68. The van der Waals surface area contributed by atoms with E-state index in [-0.39, 0.29) is 12.5 Å². The number of hydrogen-bond donors (Lipinski definition) is 2. The van der Waals surface area contributed by atoms with Crippen molar-refractivity contribution in [1.29, 1.82) is 0 Å². The molecule has 4 aromatic rings. The third kappa shape index (κ3) is 4.29. The Morgan fingerprint density at radius 1 is 0.967 bits per heavy atom. The second-order valence-electron chi connectivity index (χ2n) is 7.04. The molecule has 0 spiro atoms. The van der Waals surface area contributed by atoms with E-state index in [2.05, 4.69) is 40.6 Å². The molecule has 0 aliphatic rings. The average molecular weight is 398 g/mol. The van der Waals surface area contributed by atoms with Gasteiger partial charge in [0.2, 0.25) is 11.7 Å². The smallest absolute Gasteiger partial charge is 0.258 e. The fourth-order valence-corrected chi connectivity index (χ4v) is 3.40. The highest BCUT2D eigenvalue weighted by Crippen LogP contribution is 2.31. The van der Waals surface area contributed by atoms with Gasteiger partial charge in [0, 0.05) is 17.7 Å². The van der Waals surface area contributed by atoms with Gasteiger partial charge in [0.25, 0.3) is 5.89 Å². The number of benzene rings is 3. The molecule has 0 aliphatic heterocycles. The summed E-state index contributed by atoms with van der Waals surface area (Å²) in [7, 11) is 0. The summed E-state index contributed by atoms with van der Waals surface area (Å²) in [5.74, 6) is 0.617. The Morgan fingerprint density at radius 3 is 2.50 bits per heavy atom. The molecule has 6 heteroatoms. The quantitative estimate of drug-likeness (QED) is 0.491. The summed E-state index contributed by atoms with van der Waals surface area (Å²) in [4.78, 5) is 15.5. The van der Waals surface area contributed by atoms with Gasteiger partial charge in [-0.05, 0) is 41.3 Å². The second-order valence-corrected chi connectivity index (χ2v) is 7.04. The number of primary amides is 1. The maximum atomic E-state index is 10.9. The third-order valence-corrected chi connectivity index (χ3v) is 4.89. The van der Waals surface area contributed by atoms with Gasteiger partial charge in [-0.1, -0.05) is 65.8 Å². The van der Waals surface area contributed by atoms with E-state index in [1.54, 1.807) is 0 Å². The van der Waals surface area contributed by atoms with E-state index in [0.29, 0.717) is 18.3 Å². The Hall–Kier alpha value is -3.77. The highest BCUT2D eigenvalue weighted by molar-refractivity contribution is 5.76. The van der Waals surface area contributed by atoms with Gasteiger partial charge in [-0.15, -0.1) is 0 Å². The number of carbonyl (C=O) groups is 1. The highest BCUT2D eigenvalue weighted by Gasteiger charge is 2.15. The van der Waals surface area contributed by atoms with Crippen molar-refractivity contribution in [2.75, 3.05) is 6.54 Å². The van der Waals surface area contributed by atoms with Gasteiger partial charge >= 0.3 is 0 Å². The SMILES string of the molecule is Cc1c(-c2ccccc2)cccc1-c1nc(-c2cccc(CNCC(N)=O)c2)no1. The maximum Gasteiger partial charge on any atom is 0.258 e. The molecule has 0 fully saturated rings. The monoisotopic (exact) mass is 398 g/mol. The summed E-state index contributed by atoms with van der Waals surface area (Å²) in [5, 5.41) is 7.18. The van der Waals surface area contributed by atoms with Crippen LogP contribution in [0.2, 0.25) is 0 Å². The predicted octanol–water partition coefficient (Wildman–Crippen LogP) is 3.95. The number of amides is 1. The van der Waals surface area contributed by atoms with Crippen molar-refractivity contribution in [3.8, 4) is 34.0 Å². The van der Waals surface area contributed by atoms with Gasteiger partial charge < -0.3 is 15.6 Å². The fraction of sp³-hybridized carbons (Fsp3) is 0.125. The summed E-state index contributed by atoms with van der Waals surface area (Å²) in [6.45, 7) is 2.72. The zero-order valence-electron chi connectivity index (χ0n) is 16.6. The normalized spacial score (nSPS) is 10.8. The van der Waals surface area contributed by atoms with Gasteiger partial charge in [0.1, 0.15) is 0 Å². The molecular weight excluding hydrogens is 376 g/mol. The molecule has 1 aromatic heterocycles. The molecule has 6 nitrogen and oxygen atoms in total. The van der Waals surface area contributed by atoms with E-state index < -0.39 is 0 Å². The number of nitrogens with two attached hydrogens (primary N) is 1. The van der Waals surface area contributed by atoms with E-state index >= 15 is 0 Å². The minimum absolute atomic E-state index is 0.133. The van der Waals surface area contributed by atoms with Crippen molar-refractivity contribution in [2.24, 2.45) is 5.73 Å². The van der Waals surface area contributed by atoms with Crippen molar-refractivity contribution < 1.29 is 9.32 Å². The molecule has 3 aromatic carbocycles. The minimum Gasteiger partial charge on any atom is -0.369 e. The zero-order valence-corrected chi connectivity index (χ0v) is 16.6. The van der Waals surface area contributed by atoms with E-state index in [0.717, 1.165) is 33.4 Å². The van der Waals surface area contributed by atoms with Crippen molar-refractivity contribution in [3.63, 3.8) is 0 Å². The molecule has 0 unspecified atom stereocenters. The molecular formula is C24H22N4O2. The van der Waals surface area contributed by atoms with Gasteiger partial charge in [-0.2, -0.15) is 4.98 Å². The minimum atomic E-state index is -0.387. The van der Waals surface area contributed by atoms with Crippen molar-refractivity contribution in [1.82, 2.24) is 15.5 Å². The number of hydrogen-bond acceptors (Lipinski definition) is 5. The fourth-order valence-electron chi connectivity index (χ4n) is 3.40. The van der Waals surface area contributed by atoms with Crippen LogP contribution < -0.4 is 11.1 Å². The zero-order chi connectivity index (χ0) is 20.9. The largest absolute Gasteiger partial charge is 0.369 e. The van der Waals surface area contributed by atoms with Crippen molar-refractivity contribution in [3.05, 3.63) is 83.9 Å². The Labute approximate surface area is 174 Å². The number of nitrogens with zero attached hydrogens (tertiary/aromatic N) is 2. The predicted molar refractivity (Wildman–Crippen MR) is 116 cm³/mol. The van der Waals surface area contributed by atoms with Crippen LogP contribution in [-0.2, 0) is 11.3 Å². The van der Waals surface area contributed by atoms with Crippen LogP contribution in [0.15, 0.2) is 77.3 Å². The van der Waals surface area contributed by atoms with Crippen molar-refractivity contribution >= 4 is 5.91 Å². The number of nitrogens with one attached hydrogen (secondary N) is 1. The average Bonchev–Trinajstić information content (AvgIpc) is 3.25. The molecule has 0 saturated heterocycles.